The molecule has 0 atom stereocenters. The summed E-state index contributed by atoms with van der Waals surface area (Å²) in [6.45, 7) is 0. The van der Waals surface area contributed by atoms with E-state index in [1.807, 2.05) is 0 Å². The third-order valence-electron chi connectivity index (χ3n) is 7.41. The van der Waals surface area contributed by atoms with Crippen LogP contribution in [0.3, 0.4) is 0 Å². The molecule has 0 saturated heterocycles. The topological polar surface area (TPSA) is 308 Å². The first-order valence-electron chi connectivity index (χ1n) is 14.4. The van der Waals surface area contributed by atoms with Crippen molar-refractivity contribution in [3.8, 4) is 5.75 Å². The lowest BCUT2D eigenvalue weighted by atomic mass is 10.1. The van der Waals surface area contributed by atoms with Crippen molar-refractivity contribution >= 4 is 117 Å². The van der Waals surface area contributed by atoms with Gasteiger partial charge < -0.3 is 20.8 Å². The number of carbonyl (C=O) groups is 1. The predicted molar refractivity (Wildman–Crippen MR) is 195 cm³/mol. The molecule has 7 N–H and O–H groups in total. The highest BCUT2D eigenvalue weighted by molar-refractivity contribution is 7.86. The minimum absolute atomic E-state index is 0.0399. The molecule has 1 aromatic heterocycles. The number of aromatic nitrogens is 3. The summed E-state index contributed by atoms with van der Waals surface area (Å²) in [5.74, 6) is -3.21. The molecule has 6 aromatic rings. The minimum Gasteiger partial charge on any atom is -0.505 e. The molecule has 278 valence electrons. The van der Waals surface area contributed by atoms with E-state index in [-0.39, 0.29) is 44.3 Å². The number of carboxylic acid groups (broad SMARTS) is 1. The highest BCUT2D eigenvalue weighted by atomic mass is 35.5. The van der Waals surface area contributed by atoms with Gasteiger partial charge in [-0.15, -0.1) is 22.9 Å². The number of nitrogens with zero attached hydrogens (tertiary/aromatic N) is 5. The number of benzene rings is 5. The van der Waals surface area contributed by atoms with E-state index in [9.17, 15) is 53.9 Å². The SMILES string of the molecule is O=C(O)c1cc(S(=O)(=O)O)ccc1Nc1nc(Cl)nc(Nc2cc(S)cc3cc(S(=O)(=O)O)c(/N=N/c4ccc5ccccc5c4S(=O)(=O)O)c(O)c23)n1. The molecule has 0 fully saturated rings. The highest BCUT2D eigenvalue weighted by Gasteiger charge is 2.26. The van der Waals surface area contributed by atoms with Gasteiger partial charge in [0.15, 0.2) is 5.75 Å². The maximum absolute atomic E-state index is 12.5. The van der Waals surface area contributed by atoms with Crippen LogP contribution in [0.1, 0.15) is 10.4 Å². The fourth-order valence-corrected chi connectivity index (χ4v) is 7.65. The average molecular weight is 834 g/mol. The zero-order valence-corrected chi connectivity index (χ0v) is 30.4. The van der Waals surface area contributed by atoms with Crippen molar-refractivity contribution in [3.63, 3.8) is 0 Å². The maximum Gasteiger partial charge on any atom is 0.337 e. The van der Waals surface area contributed by atoms with Crippen molar-refractivity contribution in [1.82, 2.24) is 15.0 Å². The van der Waals surface area contributed by atoms with Crippen LogP contribution in [0, 0.1) is 0 Å². The molecule has 5 aromatic carbocycles. The third kappa shape index (κ3) is 7.87. The van der Waals surface area contributed by atoms with E-state index in [0.717, 1.165) is 18.2 Å². The normalized spacial score (nSPS) is 12.4. The molecule has 0 saturated carbocycles. The van der Waals surface area contributed by atoms with Crippen molar-refractivity contribution in [3.05, 3.63) is 83.6 Å². The fourth-order valence-electron chi connectivity index (χ4n) is 5.22. The van der Waals surface area contributed by atoms with E-state index in [4.69, 9.17) is 11.6 Å². The molecule has 0 aliphatic heterocycles. The van der Waals surface area contributed by atoms with Gasteiger partial charge in [-0.2, -0.15) is 40.2 Å². The highest BCUT2D eigenvalue weighted by Crippen LogP contribution is 2.46. The summed E-state index contributed by atoms with van der Waals surface area (Å²) < 4.78 is 102. The molecule has 54 heavy (non-hydrogen) atoms. The van der Waals surface area contributed by atoms with Gasteiger partial charge in [0.05, 0.1) is 21.8 Å². The Hall–Kier alpha value is -5.53. The van der Waals surface area contributed by atoms with Crippen LogP contribution in [0.4, 0.5) is 34.6 Å². The number of thiol groups is 1. The molecular formula is C30H20ClN7O12S4. The van der Waals surface area contributed by atoms with Crippen LogP contribution in [-0.2, 0) is 30.4 Å². The van der Waals surface area contributed by atoms with Crippen molar-refractivity contribution in [2.45, 2.75) is 19.6 Å². The zero-order valence-electron chi connectivity index (χ0n) is 26.3. The van der Waals surface area contributed by atoms with Crippen molar-refractivity contribution in [1.29, 1.82) is 0 Å². The molecule has 0 radical (unpaired) electrons. The number of hydrogen-bond donors (Lipinski definition) is 8. The average Bonchev–Trinajstić information content (AvgIpc) is 3.05. The molecule has 0 amide bonds. The first-order valence-corrected chi connectivity index (χ1v) is 19.6. The molecule has 19 nitrogen and oxygen atoms in total. The molecule has 0 aliphatic rings. The van der Waals surface area contributed by atoms with Gasteiger partial charge in [-0.25, -0.2) is 4.79 Å². The summed E-state index contributed by atoms with van der Waals surface area (Å²) in [6.07, 6.45) is 0. The summed E-state index contributed by atoms with van der Waals surface area (Å²) >= 11 is 10.4. The number of nitrogens with one attached hydrogen (secondary N) is 2. The summed E-state index contributed by atoms with van der Waals surface area (Å²) in [5.41, 5.74) is -2.19. The molecular weight excluding hydrogens is 814 g/mol. The maximum atomic E-state index is 12.5. The second-order valence-corrected chi connectivity index (χ2v) is 16.0. The second-order valence-electron chi connectivity index (χ2n) is 10.9. The number of rotatable bonds is 10. The Morgan fingerprint density at radius 3 is 2.04 bits per heavy atom. The van der Waals surface area contributed by atoms with Gasteiger partial charge in [0, 0.05) is 15.7 Å². The lowest BCUT2D eigenvalue weighted by Gasteiger charge is -2.15. The van der Waals surface area contributed by atoms with Gasteiger partial charge in [0.2, 0.25) is 17.2 Å². The Morgan fingerprint density at radius 2 is 1.41 bits per heavy atom. The minimum atomic E-state index is -5.15. The van der Waals surface area contributed by atoms with Crippen LogP contribution in [0.25, 0.3) is 21.5 Å². The van der Waals surface area contributed by atoms with Crippen molar-refractivity contribution < 1.29 is 53.9 Å². The van der Waals surface area contributed by atoms with Gasteiger partial charge in [-0.3, -0.25) is 13.7 Å². The number of fused-ring (bicyclic) bond motifs is 2. The lowest BCUT2D eigenvalue weighted by molar-refractivity contribution is 0.0697. The lowest BCUT2D eigenvalue weighted by Crippen LogP contribution is -2.09. The molecule has 1 heterocycles. The van der Waals surface area contributed by atoms with E-state index >= 15 is 0 Å². The standard InChI is InChI=1S/C30H20ClN7O12S4/c31-28-34-29(32-19-8-6-16(52(42,43)44)12-18(19)27(40)41)36-30(35-28)33-21-11-15(51)9-14-10-22(53(45,46)47)24(25(39)23(14)21)38-37-20-7-5-13-3-1-2-4-17(13)26(20)54(48,49)50/h1-12,39,51H,(H,40,41)(H,42,43,44)(H,45,46,47)(H,48,49,50)(H2,32,33,34,35,36)/b38-37+. The largest absolute Gasteiger partial charge is 0.505 e. The number of hydrogen-bond acceptors (Lipinski definition) is 16. The van der Waals surface area contributed by atoms with Gasteiger partial charge in [0.1, 0.15) is 21.2 Å². The number of carboxylic acids is 1. The Labute approximate surface area is 314 Å². The second kappa shape index (κ2) is 14.0. The zero-order chi connectivity index (χ0) is 39.3. The molecule has 6 rings (SSSR count). The van der Waals surface area contributed by atoms with Crippen molar-refractivity contribution in [2.75, 3.05) is 10.6 Å². The Morgan fingerprint density at radius 1 is 0.741 bits per heavy atom. The summed E-state index contributed by atoms with van der Waals surface area (Å²) in [5, 5.41) is 33.9. The molecule has 0 bridgehead atoms. The van der Waals surface area contributed by atoms with E-state index in [2.05, 4.69) is 48.4 Å². The third-order valence-corrected chi connectivity index (χ3v) is 10.5. The number of azo groups is 1. The van der Waals surface area contributed by atoms with E-state index in [0.29, 0.717) is 11.5 Å². The van der Waals surface area contributed by atoms with Gasteiger partial charge in [-0.1, -0.05) is 30.3 Å². The molecule has 0 aliphatic carbocycles. The smallest absolute Gasteiger partial charge is 0.337 e. The van der Waals surface area contributed by atoms with Gasteiger partial charge in [0.25, 0.3) is 30.4 Å². The van der Waals surface area contributed by atoms with Crippen LogP contribution in [-0.4, -0.2) is 70.0 Å². The monoisotopic (exact) mass is 833 g/mol. The summed E-state index contributed by atoms with van der Waals surface area (Å²) in [7, 11) is -14.8. The predicted octanol–water partition coefficient (Wildman–Crippen LogP) is 6.17. The first kappa shape index (κ1) is 38.2. The van der Waals surface area contributed by atoms with Gasteiger partial charge >= 0.3 is 5.97 Å². The quantitative estimate of drug-likeness (QED) is 0.0435. The number of phenolic OH excluding ortho intramolecular Hbond substituents is 1. The van der Waals surface area contributed by atoms with Crippen LogP contribution < -0.4 is 10.6 Å². The Bertz CT molecular complexity index is 2950. The molecule has 0 spiro atoms. The van der Waals surface area contributed by atoms with Crippen LogP contribution >= 0.6 is 24.2 Å². The van der Waals surface area contributed by atoms with Crippen molar-refractivity contribution in [2.24, 2.45) is 10.2 Å². The molecule has 24 heteroatoms. The van der Waals surface area contributed by atoms with E-state index in [1.165, 1.54) is 36.4 Å². The number of phenols is 1. The summed E-state index contributed by atoms with van der Waals surface area (Å²) in [6, 6.07) is 14.9. The molecule has 0 unspecified atom stereocenters. The van der Waals surface area contributed by atoms with Gasteiger partial charge in [-0.05, 0) is 64.8 Å². The van der Waals surface area contributed by atoms with Crippen LogP contribution in [0.2, 0.25) is 5.28 Å². The van der Waals surface area contributed by atoms with Crippen LogP contribution in [0.15, 0.2) is 103 Å². The first-order chi connectivity index (χ1) is 25.2. The Kier molecular flexibility index (Phi) is 9.93. The number of aromatic hydroxyl groups is 1. The Balaban J connectivity index is 1.47. The number of anilines is 4. The fraction of sp³-hybridized carbons (Fsp3) is 0. The number of aromatic carboxylic acids is 1. The van der Waals surface area contributed by atoms with E-state index in [1.54, 1.807) is 12.1 Å². The van der Waals surface area contributed by atoms with Crippen LogP contribution in [0.5, 0.6) is 5.75 Å². The van der Waals surface area contributed by atoms with E-state index < -0.39 is 79.0 Å². The summed E-state index contributed by atoms with van der Waals surface area (Å²) in [4.78, 5) is 21.7. The number of halogens is 1.